The Morgan fingerprint density at radius 2 is 2.35 bits per heavy atom. The van der Waals surface area contributed by atoms with E-state index in [2.05, 4.69) is 15.3 Å². The maximum atomic E-state index is 11.7. The van der Waals surface area contributed by atoms with Crippen LogP contribution in [0.5, 0.6) is 0 Å². The van der Waals surface area contributed by atoms with Crippen LogP contribution in [-0.2, 0) is 4.74 Å². The highest BCUT2D eigenvalue weighted by Crippen LogP contribution is 2.17. The molecule has 0 bridgehead atoms. The predicted octanol–water partition coefficient (Wildman–Crippen LogP) is -1.06. The molecule has 1 saturated heterocycles. The summed E-state index contributed by atoms with van der Waals surface area (Å²) < 4.78 is 5.07. The van der Waals surface area contributed by atoms with E-state index in [1.807, 2.05) is 0 Å². The molecular weight excluding hydrogens is 224 g/mol. The molecule has 0 aliphatic carbocycles. The molecular formula is C10H14N4O3. The topological polar surface area (TPSA) is 110 Å². The van der Waals surface area contributed by atoms with Crippen molar-refractivity contribution < 1.29 is 14.6 Å². The number of nitrogens with one attached hydrogen (secondary N) is 1. The van der Waals surface area contributed by atoms with Crippen molar-refractivity contribution >= 4 is 11.7 Å². The lowest BCUT2D eigenvalue weighted by Gasteiger charge is -2.20. The third-order valence-electron chi connectivity index (χ3n) is 2.60. The molecule has 17 heavy (non-hydrogen) atoms. The van der Waals surface area contributed by atoms with E-state index in [1.54, 1.807) is 0 Å². The van der Waals surface area contributed by atoms with E-state index in [0.29, 0.717) is 13.0 Å². The third-order valence-corrected chi connectivity index (χ3v) is 2.60. The Kier molecular flexibility index (Phi) is 3.21. The number of nitrogens with two attached hydrogens (primary N) is 1. The number of carbonyl (C=O) groups excluding carboxylic acids is 1. The molecule has 0 spiro atoms. The summed E-state index contributed by atoms with van der Waals surface area (Å²) in [5, 5.41) is 12.5. The molecule has 1 unspecified atom stereocenters. The van der Waals surface area contributed by atoms with E-state index in [1.165, 1.54) is 12.4 Å². The monoisotopic (exact) mass is 238 g/mol. The molecule has 7 heteroatoms. The molecule has 7 nitrogen and oxygen atoms in total. The fraction of sp³-hybridized carbons (Fsp3) is 0.500. The van der Waals surface area contributed by atoms with Gasteiger partial charge in [0.25, 0.3) is 5.91 Å². The Labute approximate surface area is 98.0 Å². The number of anilines is 1. The molecule has 0 aromatic carbocycles. The molecule has 1 amide bonds. The Balaban J connectivity index is 1.96. The van der Waals surface area contributed by atoms with Crippen LogP contribution < -0.4 is 11.1 Å². The lowest BCUT2D eigenvalue weighted by atomic mass is 10.0. The second kappa shape index (κ2) is 4.64. The first-order chi connectivity index (χ1) is 8.11. The summed E-state index contributed by atoms with van der Waals surface area (Å²) in [5.41, 5.74) is 4.59. The van der Waals surface area contributed by atoms with Gasteiger partial charge in [-0.15, -0.1) is 0 Å². The van der Waals surface area contributed by atoms with E-state index in [4.69, 9.17) is 10.5 Å². The van der Waals surface area contributed by atoms with Gasteiger partial charge >= 0.3 is 0 Å². The molecule has 4 N–H and O–H groups in total. The van der Waals surface area contributed by atoms with Gasteiger partial charge in [-0.05, 0) is 0 Å². The summed E-state index contributed by atoms with van der Waals surface area (Å²) in [4.78, 5) is 19.3. The summed E-state index contributed by atoms with van der Waals surface area (Å²) in [5.74, 6) is -0.379. The molecule has 0 radical (unpaired) electrons. The molecule has 1 aliphatic heterocycles. The third kappa shape index (κ3) is 2.69. The van der Waals surface area contributed by atoms with Crippen molar-refractivity contribution in [1.29, 1.82) is 0 Å². The van der Waals surface area contributed by atoms with Crippen LogP contribution in [0.25, 0.3) is 0 Å². The summed E-state index contributed by atoms with van der Waals surface area (Å²) in [6, 6.07) is 0. The van der Waals surface area contributed by atoms with Gasteiger partial charge in [0.05, 0.1) is 6.61 Å². The molecule has 92 valence electrons. The first-order valence-corrected chi connectivity index (χ1v) is 5.25. The van der Waals surface area contributed by atoms with E-state index >= 15 is 0 Å². The molecule has 2 rings (SSSR count). The minimum Gasteiger partial charge on any atom is -0.386 e. The molecule has 1 aliphatic rings. The number of rotatable bonds is 3. The van der Waals surface area contributed by atoms with Gasteiger partial charge in [0, 0.05) is 32.0 Å². The molecule has 1 aromatic rings. The van der Waals surface area contributed by atoms with Crippen molar-refractivity contribution in [3.63, 3.8) is 0 Å². The highest BCUT2D eigenvalue weighted by Gasteiger charge is 2.32. The number of aromatic nitrogens is 2. The Morgan fingerprint density at radius 3 is 3.00 bits per heavy atom. The van der Waals surface area contributed by atoms with Crippen LogP contribution in [0.3, 0.4) is 0 Å². The van der Waals surface area contributed by atoms with Crippen LogP contribution in [0.15, 0.2) is 12.4 Å². The van der Waals surface area contributed by atoms with Crippen LogP contribution in [-0.4, -0.2) is 46.3 Å². The lowest BCUT2D eigenvalue weighted by Crippen LogP contribution is -2.43. The van der Waals surface area contributed by atoms with Crippen molar-refractivity contribution in [2.75, 3.05) is 25.5 Å². The standard InChI is InChI=1S/C10H14N4O3/c11-8-7(12-2-3-13-8)9(15)14-5-10(16)1-4-17-6-10/h2-3,16H,1,4-6H2,(H2,11,13)(H,14,15). The van der Waals surface area contributed by atoms with Gasteiger partial charge in [-0.25, -0.2) is 9.97 Å². The zero-order valence-corrected chi connectivity index (χ0v) is 9.22. The van der Waals surface area contributed by atoms with Crippen LogP contribution in [0.2, 0.25) is 0 Å². The van der Waals surface area contributed by atoms with Gasteiger partial charge in [0.1, 0.15) is 5.60 Å². The molecule has 2 heterocycles. The number of carbonyl (C=O) groups is 1. The first kappa shape index (κ1) is 11.7. The summed E-state index contributed by atoms with van der Waals surface area (Å²) in [6.07, 6.45) is 3.30. The van der Waals surface area contributed by atoms with Gasteiger partial charge < -0.3 is 20.9 Å². The van der Waals surface area contributed by atoms with E-state index < -0.39 is 11.5 Å². The van der Waals surface area contributed by atoms with E-state index in [0.717, 1.165) is 0 Å². The van der Waals surface area contributed by atoms with Crippen molar-refractivity contribution in [2.24, 2.45) is 0 Å². The Morgan fingerprint density at radius 1 is 1.59 bits per heavy atom. The minimum atomic E-state index is -0.993. The molecule has 1 atom stereocenters. The fourth-order valence-electron chi connectivity index (χ4n) is 1.59. The minimum absolute atomic E-state index is 0.0648. The normalized spacial score (nSPS) is 23.6. The maximum absolute atomic E-state index is 11.7. The van der Waals surface area contributed by atoms with Crippen molar-refractivity contribution in [1.82, 2.24) is 15.3 Å². The quantitative estimate of drug-likeness (QED) is 0.619. The second-order valence-corrected chi connectivity index (χ2v) is 4.00. The van der Waals surface area contributed by atoms with Crippen molar-refractivity contribution in [3.8, 4) is 0 Å². The van der Waals surface area contributed by atoms with Crippen molar-refractivity contribution in [2.45, 2.75) is 12.0 Å². The number of hydrogen-bond donors (Lipinski definition) is 3. The van der Waals surface area contributed by atoms with Gasteiger partial charge in [-0.2, -0.15) is 0 Å². The highest BCUT2D eigenvalue weighted by atomic mass is 16.5. The number of hydrogen-bond acceptors (Lipinski definition) is 6. The van der Waals surface area contributed by atoms with E-state index in [9.17, 15) is 9.90 Å². The second-order valence-electron chi connectivity index (χ2n) is 4.00. The molecule has 1 fully saturated rings. The average molecular weight is 238 g/mol. The van der Waals surface area contributed by atoms with Crippen LogP contribution in [0.1, 0.15) is 16.9 Å². The maximum Gasteiger partial charge on any atom is 0.273 e. The zero-order chi connectivity index (χ0) is 12.3. The van der Waals surface area contributed by atoms with Crippen LogP contribution >= 0.6 is 0 Å². The Hall–Kier alpha value is -1.73. The van der Waals surface area contributed by atoms with Gasteiger partial charge in [-0.3, -0.25) is 4.79 Å². The molecule has 0 saturated carbocycles. The smallest absolute Gasteiger partial charge is 0.273 e. The zero-order valence-electron chi connectivity index (χ0n) is 9.22. The lowest BCUT2D eigenvalue weighted by molar-refractivity contribution is 0.0264. The predicted molar refractivity (Wildman–Crippen MR) is 59.2 cm³/mol. The summed E-state index contributed by atoms with van der Waals surface area (Å²) in [7, 11) is 0. The largest absolute Gasteiger partial charge is 0.386 e. The van der Waals surface area contributed by atoms with Crippen LogP contribution in [0.4, 0.5) is 5.82 Å². The van der Waals surface area contributed by atoms with Gasteiger partial charge in [0.15, 0.2) is 11.5 Å². The first-order valence-electron chi connectivity index (χ1n) is 5.25. The summed E-state index contributed by atoms with van der Waals surface area (Å²) >= 11 is 0. The SMILES string of the molecule is Nc1nccnc1C(=O)NCC1(O)CCOC1. The Bertz CT molecular complexity index is 418. The number of nitrogens with zero attached hydrogens (tertiary/aromatic N) is 2. The van der Waals surface area contributed by atoms with Gasteiger partial charge in [-0.1, -0.05) is 0 Å². The number of ether oxygens (including phenoxy) is 1. The van der Waals surface area contributed by atoms with Gasteiger partial charge in [0.2, 0.25) is 0 Å². The van der Waals surface area contributed by atoms with Crippen LogP contribution in [0, 0.1) is 0 Å². The average Bonchev–Trinajstić information content (AvgIpc) is 2.74. The molecule has 1 aromatic heterocycles. The van der Waals surface area contributed by atoms with E-state index in [-0.39, 0.29) is 24.7 Å². The number of nitrogen functional groups attached to an aromatic ring is 1. The highest BCUT2D eigenvalue weighted by molar-refractivity contribution is 5.96. The number of amides is 1. The fourth-order valence-corrected chi connectivity index (χ4v) is 1.59. The number of aliphatic hydroxyl groups is 1. The summed E-state index contributed by atoms with van der Waals surface area (Å²) in [6.45, 7) is 0.838. The van der Waals surface area contributed by atoms with Crippen molar-refractivity contribution in [3.05, 3.63) is 18.1 Å².